The quantitative estimate of drug-likeness (QED) is 0.402. The van der Waals surface area contributed by atoms with Gasteiger partial charge in [-0.25, -0.2) is 9.18 Å². The summed E-state index contributed by atoms with van der Waals surface area (Å²) in [5.74, 6) is -1.08. The van der Waals surface area contributed by atoms with E-state index in [4.69, 9.17) is 4.74 Å². The maximum Gasteiger partial charge on any atom is 0.335 e. The van der Waals surface area contributed by atoms with E-state index >= 15 is 0 Å². The Morgan fingerprint density at radius 1 is 1.06 bits per heavy atom. The first-order valence-corrected chi connectivity index (χ1v) is 11.0. The van der Waals surface area contributed by atoms with Crippen LogP contribution in [0.2, 0.25) is 0 Å². The van der Waals surface area contributed by atoms with Gasteiger partial charge in [0.05, 0.1) is 11.1 Å². The number of rotatable bonds is 4. The van der Waals surface area contributed by atoms with Crippen molar-refractivity contribution in [3.8, 4) is 22.6 Å². The summed E-state index contributed by atoms with van der Waals surface area (Å²) in [7, 11) is 0. The average Bonchev–Trinajstić information content (AvgIpc) is 3.16. The Morgan fingerprint density at radius 2 is 1.79 bits per heavy atom. The number of phenols is 1. The zero-order valence-electron chi connectivity index (χ0n) is 18.2. The van der Waals surface area contributed by atoms with Gasteiger partial charge in [0.1, 0.15) is 11.6 Å². The number of carboxylic acid groups (broad SMARTS) is 1. The molecule has 33 heavy (non-hydrogen) atoms. The third-order valence-corrected chi connectivity index (χ3v) is 6.31. The highest BCUT2D eigenvalue weighted by Gasteiger charge is 2.29. The monoisotopic (exact) mass is 445 g/mol. The van der Waals surface area contributed by atoms with E-state index in [1.807, 2.05) is 19.1 Å². The van der Waals surface area contributed by atoms with Crippen molar-refractivity contribution in [2.45, 2.75) is 25.7 Å². The number of phenolic OH excluding ortho intramolecular Hbond substituents is 1. The Kier molecular flexibility index (Phi) is 5.38. The van der Waals surface area contributed by atoms with Crippen molar-refractivity contribution < 1.29 is 24.1 Å². The van der Waals surface area contributed by atoms with Gasteiger partial charge in [-0.3, -0.25) is 0 Å². The molecule has 1 saturated heterocycles. The fourth-order valence-corrected chi connectivity index (χ4v) is 4.91. The van der Waals surface area contributed by atoms with Crippen LogP contribution in [0.3, 0.4) is 0 Å². The normalized spacial score (nSPS) is 14.6. The number of carboxylic acids is 1. The van der Waals surface area contributed by atoms with Gasteiger partial charge >= 0.3 is 5.97 Å². The first-order chi connectivity index (χ1) is 15.9. The molecule has 5 rings (SSSR count). The number of nitrogens with zero attached hydrogens (tertiary/aromatic N) is 1. The van der Waals surface area contributed by atoms with Crippen LogP contribution in [-0.4, -0.2) is 34.0 Å². The van der Waals surface area contributed by atoms with Gasteiger partial charge in [-0.2, -0.15) is 0 Å². The molecule has 5 nitrogen and oxygen atoms in total. The summed E-state index contributed by atoms with van der Waals surface area (Å²) < 4.78 is 21.4. The molecule has 0 aliphatic carbocycles. The molecule has 6 heteroatoms. The van der Waals surface area contributed by atoms with Crippen molar-refractivity contribution in [1.82, 2.24) is 4.57 Å². The van der Waals surface area contributed by atoms with Crippen LogP contribution in [0.25, 0.3) is 27.7 Å². The van der Waals surface area contributed by atoms with E-state index in [1.165, 1.54) is 12.1 Å². The van der Waals surface area contributed by atoms with Crippen LogP contribution in [0.1, 0.15) is 40.4 Å². The van der Waals surface area contributed by atoms with Crippen molar-refractivity contribution in [2.75, 3.05) is 13.2 Å². The van der Waals surface area contributed by atoms with Crippen LogP contribution >= 0.6 is 0 Å². The van der Waals surface area contributed by atoms with Crippen molar-refractivity contribution in [1.29, 1.82) is 0 Å². The zero-order chi connectivity index (χ0) is 23.1. The molecule has 2 N–H and O–H groups in total. The Labute approximate surface area is 190 Å². The molecule has 168 valence electrons. The molecule has 0 bridgehead atoms. The maximum absolute atomic E-state index is 13.7. The molecular weight excluding hydrogens is 421 g/mol. The number of aromatic carboxylic acids is 1. The molecule has 0 radical (unpaired) electrons. The smallest absolute Gasteiger partial charge is 0.335 e. The van der Waals surface area contributed by atoms with Gasteiger partial charge in [0.2, 0.25) is 0 Å². The first-order valence-electron chi connectivity index (χ1n) is 11.0. The highest BCUT2D eigenvalue weighted by Crippen LogP contribution is 2.46. The van der Waals surface area contributed by atoms with Crippen molar-refractivity contribution in [2.24, 2.45) is 0 Å². The number of aryl methyl sites for hydroxylation is 1. The number of fused-ring (bicyclic) bond motifs is 1. The Morgan fingerprint density at radius 3 is 2.48 bits per heavy atom. The highest BCUT2D eigenvalue weighted by atomic mass is 19.1. The van der Waals surface area contributed by atoms with E-state index in [0.29, 0.717) is 18.6 Å². The number of carbonyl (C=O) groups is 1. The predicted octanol–water partition coefficient (Wildman–Crippen LogP) is 6.04. The van der Waals surface area contributed by atoms with Crippen LogP contribution in [-0.2, 0) is 4.74 Å². The van der Waals surface area contributed by atoms with Gasteiger partial charge in [-0.05, 0) is 79.4 Å². The minimum atomic E-state index is -1.00. The number of hydrogen-bond donors (Lipinski definition) is 2. The number of aromatic nitrogens is 1. The molecule has 1 aliphatic heterocycles. The van der Waals surface area contributed by atoms with Crippen LogP contribution in [0.4, 0.5) is 4.39 Å². The molecule has 0 saturated carbocycles. The number of hydrogen-bond acceptors (Lipinski definition) is 3. The zero-order valence-corrected chi connectivity index (χ0v) is 18.2. The molecular formula is C27H24FNO4. The first kappa shape index (κ1) is 21.2. The summed E-state index contributed by atoms with van der Waals surface area (Å²) in [4.78, 5) is 11.8. The third kappa shape index (κ3) is 3.76. The van der Waals surface area contributed by atoms with Gasteiger partial charge in [0, 0.05) is 41.5 Å². The van der Waals surface area contributed by atoms with Crippen molar-refractivity contribution in [3.05, 3.63) is 83.3 Å². The maximum atomic E-state index is 13.7. The lowest BCUT2D eigenvalue weighted by Gasteiger charge is -2.26. The van der Waals surface area contributed by atoms with Crippen molar-refractivity contribution >= 4 is 16.9 Å². The summed E-state index contributed by atoms with van der Waals surface area (Å²) in [5.41, 5.74) is 5.11. The summed E-state index contributed by atoms with van der Waals surface area (Å²) in [6.07, 6.45) is 1.59. The molecule has 0 atom stereocenters. The van der Waals surface area contributed by atoms with Gasteiger partial charge < -0.3 is 19.5 Å². The fraction of sp³-hybridized carbons (Fsp3) is 0.222. The van der Waals surface area contributed by atoms with Gasteiger partial charge in [-0.15, -0.1) is 0 Å². The molecule has 4 aromatic rings. The van der Waals surface area contributed by atoms with E-state index in [9.17, 15) is 19.4 Å². The Bertz CT molecular complexity index is 1350. The lowest BCUT2D eigenvalue weighted by atomic mass is 9.89. The topological polar surface area (TPSA) is 71.7 Å². The molecule has 1 aliphatic rings. The lowest BCUT2D eigenvalue weighted by Crippen LogP contribution is -2.17. The predicted molar refractivity (Wildman–Crippen MR) is 125 cm³/mol. The highest BCUT2D eigenvalue weighted by molar-refractivity contribution is 6.04. The molecule has 0 spiro atoms. The van der Waals surface area contributed by atoms with Crippen LogP contribution in [0, 0.1) is 12.7 Å². The van der Waals surface area contributed by atoms with Gasteiger partial charge in [0.25, 0.3) is 0 Å². The van der Waals surface area contributed by atoms with E-state index in [1.54, 1.807) is 36.4 Å². The second-order valence-corrected chi connectivity index (χ2v) is 8.52. The molecule has 2 heterocycles. The summed E-state index contributed by atoms with van der Waals surface area (Å²) in [6, 6.07) is 16.9. The lowest BCUT2D eigenvalue weighted by molar-refractivity contribution is 0.0696. The number of ether oxygens (including phenoxy) is 1. The second-order valence-electron chi connectivity index (χ2n) is 8.52. The fourth-order valence-electron chi connectivity index (χ4n) is 4.91. The minimum absolute atomic E-state index is 0.120. The Balaban J connectivity index is 1.91. The number of aromatic hydroxyl groups is 1. The van der Waals surface area contributed by atoms with E-state index in [2.05, 4.69) is 4.57 Å². The van der Waals surface area contributed by atoms with E-state index in [0.717, 1.165) is 46.4 Å². The summed E-state index contributed by atoms with van der Waals surface area (Å²) in [5, 5.41) is 21.3. The van der Waals surface area contributed by atoms with E-state index < -0.39 is 5.97 Å². The summed E-state index contributed by atoms with van der Waals surface area (Å²) >= 11 is 0. The molecule has 1 fully saturated rings. The summed E-state index contributed by atoms with van der Waals surface area (Å²) in [6.45, 7) is 3.10. The largest absolute Gasteiger partial charge is 0.507 e. The van der Waals surface area contributed by atoms with Gasteiger partial charge in [0.15, 0.2) is 0 Å². The number of halogens is 1. The second kappa shape index (κ2) is 8.37. The van der Waals surface area contributed by atoms with Crippen LogP contribution in [0.5, 0.6) is 5.75 Å². The van der Waals surface area contributed by atoms with Crippen LogP contribution < -0.4 is 0 Å². The average molecular weight is 445 g/mol. The van der Waals surface area contributed by atoms with Crippen LogP contribution in [0.15, 0.2) is 60.7 Å². The SMILES string of the molecule is Cc1cc(C(=O)O)cc(-c2c(C3CCOCC3)n(-c3ccc(F)cc3)c3cccc(O)c23)c1. The molecule has 3 aromatic carbocycles. The van der Waals surface area contributed by atoms with Crippen molar-refractivity contribution in [3.63, 3.8) is 0 Å². The minimum Gasteiger partial charge on any atom is -0.507 e. The number of benzene rings is 3. The molecule has 1 aromatic heterocycles. The standard InChI is InChI=1S/C27H24FNO4/c1-16-13-18(15-19(14-16)27(31)32)24-25-22(3-2-4-23(25)30)29(21-7-5-20(28)6-8-21)26(24)17-9-11-33-12-10-17/h2-8,13-15,17,30H,9-12H2,1H3,(H,31,32). The third-order valence-electron chi connectivity index (χ3n) is 6.31. The van der Waals surface area contributed by atoms with E-state index in [-0.39, 0.29) is 23.0 Å². The molecule has 0 unspecified atom stereocenters. The Hall–Kier alpha value is -3.64. The molecule has 0 amide bonds. The van der Waals surface area contributed by atoms with Gasteiger partial charge in [-0.1, -0.05) is 12.1 Å².